The van der Waals surface area contributed by atoms with Crippen LogP contribution in [0.15, 0.2) is 30.3 Å². The third-order valence-corrected chi connectivity index (χ3v) is 4.19. The number of carbonyl (C=O) groups excluding carboxylic acids is 2. The molecule has 0 saturated carbocycles. The molecule has 3 nitrogen and oxygen atoms in total. The summed E-state index contributed by atoms with van der Waals surface area (Å²) >= 11 is 18.4. The number of anilines is 1. The fourth-order valence-corrected chi connectivity index (χ4v) is 3.00. The highest BCUT2D eigenvalue weighted by Gasteiger charge is 2.20. The van der Waals surface area contributed by atoms with Gasteiger partial charge in [-0.3, -0.25) is 9.59 Å². The van der Waals surface area contributed by atoms with Gasteiger partial charge in [0.2, 0.25) is 5.91 Å². The Hall–Kier alpha value is -1.07. The van der Waals surface area contributed by atoms with E-state index in [1.165, 1.54) is 6.07 Å². The van der Waals surface area contributed by atoms with Gasteiger partial charge < -0.3 is 5.32 Å². The fraction of sp³-hybridized carbons (Fsp3) is 0.0769. The van der Waals surface area contributed by atoms with E-state index in [-0.39, 0.29) is 11.7 Å². The minimum absolute atomic E-state index is 0.199. The Morgan fingerprint density at radius 2 is 1.85 bits per heavy atom. The summed E-state index contributed by atoms with van der Waals surface area (Å²) in [6.45, 7) is 0. The van der Waals surface area contributed by atoms with Gasteiger partial charge in [-0.25, -0.2) is 0 Å². The molecule has 0 unspecified atom stereocenters. The summed E-state index contributed by atoms with van der Waals surface area (Å²) in [5, 5.41) is 3.26. The summed E-state index contributed by atoms with van der Waals surface area (Å²) in [5.74, 6) is -0.906. The van der Waals surface area contributed by atoms with Crippen molar-refractivity contribution in [2.24, 2.45) is 0 Å². The topological polar surface area (TPSA) is 46.2 Å². The molecule has 1 aromatic heterocycles. The van der Waals surface area contributed by atoms with E-state index in [1.807, 2.05) is 0 Å². The van der Waals surface area contributed by atoms with Crippen molar-refractivity contribution in [1.82, 2.24) is 0 Å². The van der Waals surface area contributed by atoms with Crippen LogP contribution in [-0.4, -0.2) is 17.6 Å². The van der Waals surface area contributed by atoms with Crippen molar-refractivity contribution >= 4 is 62.8 Å². The Morgan fingerprint density at radius 1 is 1.15 bits per heavy atom. The number of alkyl halides is 1. The molecule has 1 amide bonds. The lowest BCUT2D eigenvalue weighted by Gasteiger charge is -2.05. The molecule has 0 saturated heterocycles. The van der Waals surface area contributed by atoms with Crippen molar-refractivity contribution in [2.75, 3.05) is 11.2 Å². The van der Waals surface area contributed by atoms with Gasteiger partial charge in [0, 0.05) is 5.56 Å². The first-order chi connectivity index (χ1) is 9.52. The van der Waals surface area contributed by atoms with Crippen LogP contribution in [0.3, 0.4) is 0 Å². The lowest BCUT2D eigenvalue weighted by Crippen LogP contribution is -2.14. The number of thiophene rings is 1. The quantitative estimate of drug-likeness (QED) is 0.655. The van der Waals surface area contributed by atoms with E-state index >= 15 is 0 Å². The molecule has 0 radical (unpaired) electrons. The second-order valence-corrected chi connectivity index (χ2v) is 6.14. The molecule has 1 N–H and O–H groups in total. The van der Waals surface area contributed by atoms with Gasteiger partial charge in [-0.2, -0.15) is 0 Å². The minimum atomic E-state index is -0.404. The number of amides is 1. The normalized spacial score (nSPS) is 10.3. The Balaban J connectivity index is 2.40. The molecular formula is C13H8Cl3NO2S. The monoisotopic (exact) mass is 347 g/mol. The van der Waals surface area contributed by atoms with E-state index in [9.17, 15) is 9.59 Å². The zero-order valence-electron chi connectivity index (χ0n) is 9.95. The van der Waals surface area contributed by atoms with Crippen molar-refractivity contribution < 1.29 is 9.59 Å². The van der Waals surface area contributed by atoms with Gasteiger partial charge in [0.05, 0.1) is 14.9 Å². The van der Waals surface area contributed by atoms with Gasteiger partial charge in [0.25, 0.3) is 0 Å². The van der Waals surface area contributed by atoms with Crippen LogP contribution >= 0.6 is 46.1 Å². The molecule has 7 heteroatoms. The standard InChI is InChI=1S/C13H8Cl3NO2S/c14-6-11(18)17-13-8(5-10(16)20-13)12(19)7-3-1-2-4-9(7)15/h1-5H,6H2,(H,17,18). The highest BCUT2D eigenvalue weighted by molar-refractivity contribution is 7.20. The maximum absolute atomic E-state index is 12.5. The summed E-state index contributed by atoms with van der Waals surface area (Å²) in [6.07, 6.45) is 0. The highest BCUT2D eigenvalue weighted by atomic mass is 35.5. The fourth-order valence-electron chi connectivity index (χ4n) is 1.57. The largest absolute Gasteiger partial charge is 0.316 e. The molecule has 1 aromatic carbocycles. The van der Waals surface area contributed by atoms with E-state index in [0.717, 1.165) is 11.3 Å². The van der Waals surface area contributed by atoms with Crippen LogP contribution in [0, 0.1) is 0 Å². The van der Waals surface area contributed by atoms with Crippen molar-refractivity contribution in [3.8, 4) is 0 Å². The molecule has 20 heavy (non-hydrogen) atoms. The van der Waals surface area contributed by atoms with E-state index in [4.69, 9.17) is 34.8 Å². The molecule has 104 valence electrons. The number of hydrogen-bond acceptors (Lipinski definition) is 3. The van der Waals surface area contributed by atoms with Gasteiger partial charge >= 0.3 is 0 Å². The number of hydrogen-bond donors (Lipinski definition) is 1. The van der Waals surface area contributed by atoms with E-state index in [0.29, 0.717) is 25.5 Å². The number of halogens is 3. The first kappa shape index (κ1) is 15.3. The SMILES string of the molecule is O=C(CCl)Nc1sc(Cl)cc1C(=O)c1ccccc1Cl. The van der Waals surface area contributed by atoms with Crippen molar-refractivity contribution in [3.63, 3.8) is 0 Å². The van der Waals surface area contributed by atoms with Crippen LogP contribution in [0.5, 0.6) is 0 Å². The smallest absolute Gasteiger partial charge is 0.239 e. The van der Waals surface area contributed by atoms with Crippen LogP contribution in [0.2, 0.25) is 9.36 Å². The van der Waals surface area contributed by atoms with Gasteiger partial charge in [0.15, 0.2) is 5.78 Å². The minimum Gasteiger partial charge on any atom is -0.316 e. The Morgan fingerprint density at radius 3 is 2.50 bits per heavy atom. The van der Waals surface area contributed by atoms with Crippen LogP contribution in [-0.2, 0) is 4.79 Å². The van der Waals surface area contributed by atoms with Gasteiger partial charge in [-0.1, -0.05) is 35.3 Å². The summed E-state index contributed by atoms with van der Waals surface area (Å²) in [4.78, 5) is 23.8. The zero-order chi connectivity index (χ0) is 14.7. The average molecular weight is 349 g/mol. The van der Waals surface area contributed by atoms with Crippen LogP contribution in [0.1, 0.15) is 15.9 Å². The van der Waals surface area contributed by atoms with E-state index in [1.54, 1.807) is 24.3 Å². The molecule has 2 aromatic rings. The van der Waals surface area contributed by atoms with Gasteiger partial charge in [-0.05, 0) is 18.2 Å². The Bertz CT molecular complexity index is 669. The average Bonchev–Trinajstić information content (AvgIpc) is 2.79. The third kappa shape index (κ3) is 3.33. The molecule has 0 fully saturated rings. The molecule has 0 aliphatic heterocycles. The first-order valence-electron chi connectivity index (χ1n) is 5.47. The maximum Gasteiger partial charge on any atom is 0.239 e. The summed E-state index contributed by atoms with van der Waals surface area (Å²) in [6, 6.07) is 8.19. The molecular weight excluding hydrogens is 341 g/mol. The molecule has 1 heterocycles. The second kappa shape index (κ2) is 6.59. The van der Waals surface area contributed by atoms with Crippen molar-refractivity contribution in [1.29, 1.82) is 0 Å². The number of carbonyl (C=O) groups is 2. The van der Waals surface area contributed by atoms with Crippen molar-refractivity contribution in [3.05, 3.63) is 50.8 Å². The molecule has 0 spiro atoms. The van der Waals surface area contributed by atoms with Crippen LogP contribution in [0.4, 0.5) is 5.00 Å². The Kier molecular flexibility index (Phi) is 5.05. The number of ketones is 1. The van der Waals surface area contributed by atoms with E-state index in [2.05, 4.69) is 5.32 Å². The molecule has 0 bridgehead atoms. The number of nitrogens with one attached hydrogen (secondary N) is 1. The Labute approximate surface area is 134 Å². The van der Waals surface area contributed by atoms with Crippen LogP contribution < -0.4 is 5.32 Å². The van der Waals surface area contributed by atoms with Crippen molar-refractivity contribution in [2.45, 2.75) is 0 Å². The second-order valence-electron chi connectivity index (χ2n) is 3.78. The summed E-state index contributed by atoms with van der Waals surface area (Å²) in [7, 11) is 0. The molecule has 0 atom stereocenters. The first-order valence-corrected chi connectivity index (χ1v) is 7.58. The van der Waals surface area contributed by atoms with Crippen LogP contribution in [0.25, 0.3) is 0 Å². The lowest BCUT2D eigenvalue weighted by atomic mass is 10.1. The number of benzene rings is 1. The van der Waals surface area contributed by atoms with E-state index < -0.39 is 5.91 Å². The lowest BCUT2D eigenvalue weighted by molar-refractivity contribution is -0.113. The predicted molar refractivity (Wildman–Crippen MR) is 83.6 cm³/mol. The predicted octanol–water partition coefficient (Wildman–Crippen LogP) is 4.46. The van der Waals surface area contributed by atoms with Gasteiger partial charge in [0.1, 0.15) is 10.9 Å². The molecule has 0 aliphatic carbocycles. The molecule has 2 rings (SSSR count). The zero-order valence-corrected chi connectivity index (χ0v) is 13.0. The summed E-state index contributed by atoms with van der Waals surface area (Å²) in [5.41, 5.74) is 0.650. The van der Waals surface area contributed by atoms with Gasteiger partial charge in [-0.15, -0.1) is 22.9 Å². The molecule has 0 aliphatic rings. The number of rotatable bonds is 4. The third-order valence-electron chi connectivity index (χ3n) is 2.44. The maximum atomic E-state index is 12.5. The highest BCUT2D eigenvalue weighted by Crippen LogP contribution is 2.34. The summed E-state index contributed by atoms with van der Waals surface area (Å²) < 4.78 is 0.394.